The molecule has 1 aromatic heterocycles. The van der Waals surface area contributed by atoms with Gasteiger partial charge < -0.3 is 14.6 Å². The molecule has 1 aromatic carbocycles. The highest BCUT2D eigenvalue weighted by Gasteiger charge is 2.27. The molecule has 1 fully saturated rings. The van der Waals surface area contributed by atoms with E-state index in [-0.39, 0.29) is 11.7 Å². The Morgan fingerprint density at radius 2 is 2.26 bits per heavy atom. The van der Waals surface area contributed by atoms with Gasteiger partial charge in [0.1, 0.15) is 17.2 Å². The average molecular weight is 318 g/mol. The van der Waals surface area contributed by atoms with Gasteiger partial charge >= 0.3 is 0 Å². The predicted octanol–water partition coefficient (Wildman–Crippen LogP) is 3.31. The highest BCUT2D eigenvalue weighted by molar-refractivity contribution is 5.77. The number of fused-ring (bicyclic) bond motifs is 1. The minimum absolute atomic E-state index is 0.231. The van der Waals surface area contributed by atoms with Gasteiger partial charge in [-0.25, -0.2) is 4.39 Å². The summed E-state index contributed by atoms with van der Waals surface area (Å²) < 4.78 is 18.9. The zero-order valence-electron chi connectivity index (χ0n) is 13.6. The molecule has 2 aromatic rings. The number of hydrogen-bond acceptors (Lipinski definition) is 3. The molecule has 1 saturated heterocycles. The number of nitrogens with one attached hydrogen (secondary N) is 1. The average Bonchev–Trinajstić information content (AvgIpc) is 2.94. The van der Waals surface area contributed by atoms with Gasteiger partial charge in [-0.15, -0.1) is 0 Å². The van der Waals surface area contributed by atoms with E-state index in [9.17, 15) is 9.18 Å². The summed E-state index contributed by atoms with van der Waals surface area (Å²) >= 11 is 0. The van der Waals surface area contributed by atoms with E-state index in [0.29, 0.717) is 30.5 Å². The molecule has 0 bridgehead atoms. The minimum Gasteiger partial charge on any atom is -0.460 e. The normalized spacial score (nSPS) is 21.8. The number of carbonyl (C=O) groups is 1. The second kappa shape index (κ2) is 6.71. The van der Waals surface area contributed by atoms with Crippen molar-refractivity contribution in [3.05, 3.63) is 35.8 Å². The molecule has 2 heterocycles. The zero-order valence-corrected chi connectivity index (χ0v) is 13.6. The largest absolute Gasteiger partial charge is 0.460 e. The Morgan fingerprint density at radius 3 is 3.00 bits per heavy atom. The molecule has 0 aliphatic carbocycles. The Labute approximate surface area is 135 Å². The molecular formula is C18H23FN2O2. The van der Waals surface area contributed by atoms with E-state index in [4.69, 9.17) is 4.42 Å². The number of furan rings is 1. The van der Waals surface area contributed by atoms with Crippen LogP contribution >= 0.6 is 0 Å². The van der Waals surface area contributed by atoms with Crippen molar-refractivity contribution >= 4 is 16.9 Å². The first-order valence-electron chi connectivity index (χ1n) is 8.26. The number of piperidine rings is 1. The molecule has 0 radical (unpaired) electrons. The fourth-order valence-corrected chi connectivity index (χ4v) is 3.29. The van der Waals surface area contributed by atoms with Gasteiger partial charge in [-0.1, -0.05) is 13.8 Å². The summed E-state index contributed by atoms with van der Waals surface area (Å²) in [7, 11) is 0. The summed E-state index contributed by atoms with van der Waals surface area (Å²) in [4.78, 5) is 13.7. The summed E-state index contributed by atoms with van der Waals surface area (Å²) in [6.45, 7) is 6.30. The monoisotopic (exact) mass is 318 g/mol. The molecule has 5 heteroatoms. The molecule has 1 aliphatic heterocycles. The molecule has 0 unspecified atom stereocenters. The summed E-state index contributed by atoms with van der Waals surface area (Å²) in [5, 5.41) is 4.31. The molecule has 2 atom stereocenters. The van der Waals surface area contributed by atoms with Gasteiger partial charge in [0.2, 0.25) is 5.91 Å². The molecule has 1 amide bonds. The summed E-state index contributed by atoms with van der Waals surface area (Å²) in [5.41, 5.74) is 0.708. The van der Waals surface area contributed by atoms with Crippen molar-refractivity contribution in [1.82, 2.24) is 10.2 Å². The highest BCUT2D eigenvalue weighted by Crippen LogP contribution is 2.22. The van der Waals surface area contributed by atoms with Crippen molar-refractivity contribution in [3.8, 4) is 0 Å². The van der Waals surface area contributed by atoms with Crippen molar-refractivity contribution in [3.63, 3.8) is 0 Å². The molecule has 3 rings (SSSR count). The van der Waals surface area contributed by atoms with Gasteiger partial charge in [0.05, 0.1) is 6.54 Å². The number of likely N-dealkylation sites (tertiary alicyclic amines) is 1. The van der Waals surface area contributed by atoms with Crippen LogP contribution in [0.25, 0.3) is 11.0 Å². The number of amides is 1. The van der Waals surface area contributed by atoms with Crippen molar-refractivity contribution in [2.75, 3.05) is 13.1 Å². The molecule has 1 N–H and O–H groups in total. The van der Waals surface area contributed by atoms with E-state index in [1.54, 1.807) is 6.07 Å². The SMILES string of the molecule is CCC(=O)N1CC[C@@H](NCc2cc3cc(F)ccc3o2)[C@H](C)C1. The van der Waals surface area contributed by atoms with Gasteiger partial charge in [-0.05, 0) is 36.6 Å². The predicted molar refractivity (Wildman–Crippen MR) is 87.5 cm³/mol. The first-order valence-corrected chi connectivity index (χ1v) is 8.26. The second-order valence-electron chi connectivity index (χ2n) is 6.34. The van der Waals surface area contributed by atoms with E-state index in [0.717, 1.165) is 30.7 Å². The van der Waals surface area contributed by atoms with Gasteiger partial charge in [0, 0.05) is 30.9 Å². The number of hydrogen-bond donors (Lipinski definition) is 1. The minimum atomic E-state index is -0.251. The van der Waals surface area contributed by atoms with Crippen LogP contribution in [0.4, 0.5) is 4.39 Å². The van der Waals surface area contributed by atoms with Crippen molar-refractivity contribution < 1.29 is 13.6 Å². The lowest BCUT2D eigenvalue weighted by Crippen LogP contribution is -2.49. The van der Waals surface area contributed by atoms with Crippen LogP contribution in [0.5, 0.6) is 0 Å². The Kier molecular flexibility index (Phi) is 4.66. The lowest BCUT2D eigenvalue weighted by Gasteiger charge is -2.37. The number of nitrogens with zero attached hydrogens (tertiary/aromatic N) is 1. The topological polar surface area (TPSA) is 45.5 Å². The van der Waals surface area contributed by atoms with Crippen LogP contribution in [-0.4, -0.2) is 29.9 Å². The summed E-state index contributed by atoms with van der Waals surface area (Å²) in [5.74, 6) is 1.19. The van der Waals surface area contributed by atoms with E-state index in [2.05, 4.69) is 12.2 Å². The number of carbonyl (C=O) groups excluding carboxylic acids is 1. The third kappa shape index (κ3) is 3.55. The maximum absolute atomic E-state index is 13.2. The van der Waals surface area contributed by atoms with Crippen molar-refractivity contribution in [2.24, 2.45) is 5.92 Å². The van der Waals surface area contributed by atoms with Gasteiger partial charge in [0.25, 0.3) is 0 Å². The third-order valence-corrected chi connectivity index (χ3v) is 4.63. The fraction of sp³-hybridized carbons (Fsp3) is 0.500. The first kappa shape index (κ1) is 16.0. The maximum Gasteiger partial charge on any atom is 0.222 e. The lowest BCUT2D eigenvalue weighted by atomic mass is 9.93. The molecule has 4 nitrogen and oxygen atoms in total. The van der Waals surface area contributed by atoms with Crippen LogP contribution in [0.2, 0.25) is 0 Å². The van der Waals surface area contributed by atoms with E-state index in [1.807, 2.05) is 17.9 Å². The van der Waals surface area contributed by atoms with Crippen LogP contribution in [0, 0.1) is 11.7 Å². The van der Waals surface area contributed by atoms with E-state index >= 15 is 0 Å². The fourth-order valence-electron chi connectivity index (χ4n) is 3.29. The zero-order chi connectivity index (χ0) is 16.4. The highest BCUT2D eigenvalue weighted by atomic mass is 19.1. The van der Waals surface area contributed by atoms with E-state index < -0.39 is 0 Å². The molecular weight excluding hydrogens is 295 g/mol. The molecule has 23 heavy (non-hydrogen) atoms. The lowest BCUT2D eigenvalue weighted by molar-refractivity contribution is -0.132. The van der Waals surface area contributed by atoms with Gasteiger partial charge in [-0.3, -0.25) is 4.79 Å². The van der Waals surface area contributed by atoms with Gasteiger partial charge in [0.15, 0.2) is 0 Å². The standard InChI is InChI=1S/C18H23FN2O2/c1-3-18(22)21-7-6-16(12(2)11-21)20-10-15-9-13-8-14(19)4-5-17(13)23-15/h4-5,8-9,12,16,20H,3,6-7,10-11H2,1-2H3/t12-,16-/m1/s1. The van der Waals surface area contributed by atoms with E-state index in [1.165, 1.54) is 12.1 Å². The number of halogens is 1. The Balaban J connectivity index is 1.58. The van der Waals surface area contributed by atoms with Crippen LogP contribution in [0.3, 0.4) is 0 Å². The quantitative estimate of drug-likeness (QED) is 0.941. The molecule has 124 valence electrons. The van der Waals surface area contributed by atoms with Crippen LogP contribution < -0.4 is 5.32 Å². The smallest absolute Gasteiger partial charge is 0.222 e. The maximum atomic E-state index is 13.2. The molecule has 1 aliphatic rings. The Bertz CT molecular complexity index is 697. The number of rotatable bonds is 4. The van der Waals surface area contributed by atoms with Crippen LogP contribution in [0.15, 0.2) is 28.7 Å². The molecule has 0 spiro atoms. The molecule has 0 saturated carbocycles. The Morgan fingerprint density at radius 1 is 1.43 bits per heavy atom. The van der Waals surface area contributed by atoms with Crippen LogP contribution in [-0.2, 0) is 11.3 Å². The number of benzene rings is 1. The van der Waals surface area contributed by atoms with Gasteiger partial charge in [-0.2, -0.15) is 0 Å². The summed E-state index contributed by atoms with van der Waals surface area (Å²) in [6, 6.07) is 6.80. The summed E-state index contributed by atoms with van der Waals surface area (Å²) in [6.07, 6.45) is 1.52. The van der Waals surface area contributed by atoms with Crippen LogP contribution in [0.1, 0.15) is 32.4 Å². The second-order valence-corrected chi connectivity index (χ2v) is 6.34. The van der Waals surface area contributed by atoms with Crippen molar-refractivity contribution in [2.45, 2.75) is 39.3 Å². The van der Waals surface area contributed by atoms with Crippen molar-refractivity contribution in [1.29, 1.82) is 0 Å². The Hall–Kier alpha value is -1.88. The third-order valence-electron chi connectivity index (χ3n) is 4.63. The first-order chi connectivity index (χ1) is 11.1.